The van der Waals surface area contributed by atoms with Crippen LogP contribution in [0.5, 0.6) is 5.75 Å². The van der Waals surface area contributed by atoms with Crippen molar-refractivity contribution in [1.82, 2.24) is 5.32 Å². The molecule has 3 nitrogen and oxygen atoms in total. The van der Waals surface area contributed by atoms with Crippen LogP contribution in [0.4, 0.5) is 0 Å². The Morgan fingerprint density at radius 1 is 1.44 bits per heavy atom. The van der Waals surface area contributed by atoms with E-state index in [1.807, 2.05) is 25.1 Å². The minimum atomic E-state index is 0.156. The highest BCUT2D eigenvalue weighted by molar-refractivity contribution is 6.32. The van der Waals surface area contributed by atoms with Crippen molar-refractivity contribution in [3.63, 3.8) is 0 Å². The molecule has 0 bridgehead atoms. The number of benzene rings is 1. The topological polar surface area (TPSA) is 41.5 Å². The van der Waals surface area contributed by atoms with Gasteiger partial charge in [-0.1, -0.05) is 30.7 Å². The van der Waals surface area contributed by atoms with Crippen LogP contribution in [0.3, 0.4) is 0 Å². The maximum atomic E-state index is 8.89. The van der Waals surface area contributed by atoms with Crippen molar-refractivity contribution in [3.8, 4) is 5.75 Å². The average Bonchev–Trinajstić information content (AvgIpc) is 2.28. The highest BCUT2D eigenvalue weighted by Crippen LogP contribution is 2.23. The molecule has 0 radical (unpaired) electrons. The summed E-state index contributed by atoms with van der Waals surface area (Å²) >= 11 is 5.97. The molecule has 1 aromatic rings. The van der Waals surface area contributed by atoms with Crippen LogP contribution >= 0.6 is 11.6 Å². The number of nitrogens with one attached hydrogen (secondary N) is 1. The van der Waals surface area contributed by atoms with Crippen molar-refractivity contribution >= 4 is 11.6 Å². The Balaban J connectivity index is 2.45. The largest absolute Gasteiger partial charge is 0.490 e. The molecule has 0 saturated carbocycles. The van der Waals surface area contributed by atoms with Crippen molar-refractivity contribution in [2.45, 2.75) is 19.4 Å². The summed E-state index contributed by atoms with van der Waals surface area (Å²) in [5.41, 5.74) is 0. The van der Waals surface area contributed by atoms with Crippen molar-refractivity contribution in [3.05, 3.63) is 29.3 Å². The zero-order valence-electron chi connectivity index (χ0n) is 9.45. The van der Waals surface area contributed by atoms with Gasteiger partial charge in [-0.15, -0.1) is 0 Å². The zero-order valence-corrected chi connectivity index (χ0v) is 10.2. The SMILES string of the molecule is CCNC(CCO)COc1ccccc1Cl. The number of ether oxygens (including phenoxy) is 1. The number of aliphatic hydroxyl groups excluding tert-OH is 1. The molecule has 0 heterocycles. The minimum Gasteiger partial charge on any atom is -0.490 e. The van der Waals surface area contributed by atoms with Crippen LogP contribution in [0.2, 0.25) is 5.02 Å². The number of hydrogen-bond acceptors (Lipinski definition) is 3. The summed E-state index contributed by atoms with van der Waals surface area (Å²) < 4.78 is 5.60. The van der Waals surface area contributed by atoms with Gasteiger partial charge in [0.1, 0.15) is 12.4 Å². The van der Waals surface area contributed by atoms with E-state index in [0.717, 1.165) is 6.54 Å². The first-order chi connectivity index (χ1) is 7.77. The molecule has 1 rings (SSSR count). The third-order valence-corrected chi connectivity index (χ3v) is 2.56. The van der Waals surface area contributed by atoms with Gasteiger partial charge in [0.2, 0.25) is 0 Å². The van der Waals surface area contributed by atoms with Crippen LogP contribution in [0, 0.1) is 0 Å². The lowest BCUT2D eigenvalue weighted by Crippen LogP contribution is -2.35. The predicted octanol–water partition coefficient (Wildman–Crippen LogP) is 2.08. The number of para-hydroxylation sites is 1. The van der Waals surface area contributed by atoms with Crippen molar-refractivity contribution < 1.29 is 9.84 Å². The third kappa shape index (κ3) is 4.39. The van der Waals surface area contributed by atoms with E-state index in [4.69, 9.17) is 21.4 Å². The Labute approximate surface area is 101 Å². The van der Waals surface area contributed by atoms with Gasteiger partial charge < -0.3 is 15.2 Å². The van der Waals surface area contributed by atoms with Gasteiger partial charge in [-0.05, 0) is 25.1 Å². The Morgan fingerprint density at radius 2 is 2.19 bits per heavy atom. The van der Waals surface area contributed by atoms with E-state index in [1.54, 1.807) is 6.07 Å². The molecule has 0 aliphatic carbocycles. The minimum absolute atomic E-state index is 0.156. The average molecular weight is 244 g/mol. The standard InChI is InChI=1S/C12H18ClNO2/c1-2-14-10(7-8-15)9-16-12-6-4-3-5-11(12)13/h3-6,10,14-15H,2,7-9H2,1H3. The number of likely N-dealkylation sites (N-methyl/N-ethyl adjacent to an activating group) is 1. The monoisotopic (exact) mass is 243 g/mol. The second kappa shape index (κ2) is 7.49. The molecule has 0 aliphatic heterocycles. The summed E-state index contributed by atoms with van der Waals surface area (Å²) in [6.45, 7) is 3.55. The number of halogens is 1. The summed E-state index contributed by atoms with van der Waals surface area (Å²) in [6.07, 6.45) is 0.679. The molecule has 2 N–H and O–H groups in total. The molecule has 0 aromatic heterocycles. The fraction of sp³-hybridized carbons (Fsp3) is 0.500. The molecule has 4 heteroatoms. The Morgan fingerprint density at radius 3 is 2.81 bits per heavy atom. The molecule has 1 aromatic carbocycles. The van der Waals surface area contributed by atoms with Crippen molar-refractivity contribution in [2.24, 2.45) is 0 Å². The van der Waals surface area contributed by atoms with E-state index in [9.17, 15) is 0 Å². The molecule has 90 valence electrons. The fourth-order valence-electron chi connectivity index (χ4n) is 1.44. The molecule has 0 saturated heterocycles. The number of aliphatic hydroxyl groups is 1. The molecule has 1 unspecified atom stereocenters. The summed E-state index contributed by atoms with van der Waals surface area (Å²) in [5.74, 6) is 0.685. The number of rotatable bonds is 7. The molecule has 0 fully saturated rings. The van der Waals surface area contributed by atoms with E-state index in [0.29, 0.717) is 23.8 Å². The van der Waals surface area contributed by atoms with Gasteiger partial charge in [-0.25, -0.2) is 0 Å². The summed E-state index contributed by atoms with van der Waals surface area (Å²) in [6, 6.07) is 7.54. The molecular formula is C12H18ClNO2. The van der Waals surface area contributed by atoms with Gasteiger partial charge in [-0.2, -0.15) is 0 Å². The maximum Gasteiger partial charge on any atom is 0.137 e. The second-order valence-electron chi connectivity index (χ2n) is 3.51. The lowest BCUT2D eigenvalue weighted by molar-refractivity contribution is 0.215. The van der Waals surface area contributed by atoms with Crippen LogP contribution < -0.4 is 10.1 Å². The second-order valence-corrected chi connectivity index (χ2v) is 3.92. The van der Waals surface area contributed by atoms with E-state index in [-0.39, 0.29) is 12.6 Å². The van der Waals surface area contributed by atoms with Crippen molar-refractivity contribution in [2.75, 3.05) is 19.8 Å². The van der Waals surface area contributed by atoms with Crippen LogP contribution in [-0.4, -0.2) is 30.9 Å². The normalized spacial score (nSPS) is 12.4. The first kappa shape index (κ1) is 13.3. The molecule has 16 heavy (non-hydrogen) atoms. The first-order valence-electron chi connectivity index (χ1n) is 5.49. The van der Waals surface area contributed by atoms with Gasteiger partial charge in [0, 0.05) is 12.6 Å². The van der Waals surface area contributed by atoms with Gasteiger partial charge in [-0.3, -0.25) is 0 Å². The van der Waals surface area contributed by atoms with E-state index < -0.39 is 0 Å². The Hall–Kier alpha value is -0.770. The molecular weight excluding hydrogens is 226 g/mol. The lowest BCUT2D eigenvalue weighted by atomic mass is 10.2. The van der Waals surface area contributed by atoms with Crippen LogP contribution in [0.1, 0.15) is 13.3 Å². The van der Waals surface area contributed by atoms with E-state index >= 15 is 0 Å². The molecule has 0 spiro atoms. The highest BCUT2D eigenvalue weighted by atomic mass is 35.5. The summed E-state index contributed by atoms with van der Waals surface area (Å²) in [5, 5.41) is 12.8. The number of hydrogen-bond donors (Lipinski definition) is 2. The summed E-state index contributed by atoms with van der Waals surface area (Å²) in [4.78, 5) is 0. The van der Waals surface area contributed by atoms with Crippen LogP contribution in [-0.2, 0) is 0 Å². The quantitative estimate of drug-likeness (QED) is 0.771. The molecule has 0 aliphatic rings. The first-order valence-corrected chi connectivity index (χ1v) is 5.87. The van der Waals surface area contributed by atoms with Crippen molar-refractivity contribution in [1.29, 1.82) is 0 Å². The van der Waals surface area contributed by atoms with E-state index in [2.05, 4.69) is 5.32 Å². The van der Waals surface area contributed by atoms with Crippen LogP contribution in [0.25, 0.3) is 0 Å². The lowest BCUT2D eigenvalue weighted by Gasteiger charge is -2.17. The van der Waals surface area contributed by atoms with Gasteiger partial charge in [0.15, 0.2) is 0 Å². The van der Waals surface area contributed by atoms with Gasteiger partial charge >= 0.3 is 0 Å². The smallest absolute Gasteiger partial charge is 0.137 e. The van der Waals surface area contributed by atoms with Gasteiger partial charge in [0.05, 0.1) is 5.02 Å². The highest BCUT2D eigenvalue weighted by Gasteiger charge is 2.08. The van der Waals surface area contributed by atoms with E-state index in [1.165, 1.54) is 0 Å². The van der Waals surface area contributed by atoms with Gasteiger partial charge in [0.25, 0.3) is 0 Å². The zero-order chi connectivity index (χ0) is 11.8. The predicted molar refractivity (Wildman–Crippen MR) is 66.1 cm³/mol. The maximum absolute atomic E-state index is 8.89. The van der Waals surface area contributed by atoms with Crippen LogP contribution in [0.15, 0.2) is 24.3 Å². The molecule has 1 atom stereocenters. The Bertz CT molecular complexity index is 301. The fourth-order valence-corrected chi connectivity index (χ4v) is 1.63. The molecule has 0 amide bonds. The summed E-state index contributed by atoms with van der Waals surface area (Å²) in [7, 11) is 0. The Kier molecular flexibility index (Phi) is 6.23. The third-order valence-electron chi connectivity index (χ3n) is 2.25.